The van der Waals surface area contributed by atoms with Crippen molar-refractivity contribution < 1.29 is 0 Å². The van der Waals surface area contributed by atoms with E-state index in [1.807, 2.05) is 14.0 Å². The number of hydrogen-bond acceptors (Lipinski definition) is 3. The summed E-state index contributed by atoms with van der Waals surface area (Å²) < 4.78 is 0. The van der Waals surface area contributed by atoms with E-state index < -0.39 is 0 Å². The van der Waals surface area contributed by atoms with Gasteiger partial charge in [0.05, 0.1) is 0 Å². The molecule has 43 valence electrons. The minimum Gasteiger partial charge on any atom is -0.300 e. The summed E-state index contributed by atoms with van der Waals surface area (Å²) in [6.45, 7) is 1.95. The van der Waals surface area contributed by atoms with Gasteiger partial charge in [-0.2, -0.15) is 0 Å². The number of rotatable bonds is 0. The molecule has 1 radical (unpaired) electrons. The summed E-state index contributed by atoms with van der Waals surface area (Å²) in [5.74, 6) is 0. The van der Waals surface area contributed by atoms with E-state index in [0.717, 1.165) is 5.70 Å². The highest BCUT2D eigenvalue weighted by Crippen LogP contribution is 1.91. The second-order valence-corrected chi connectivity index (χ2v) is 1.71. The summed E-state index contributed by atoms with van der Waals surface area (Å²) in [4.78, 5) is 3.79. The van der Waals surface area contributed by atoms with E-state index in [-0.39, 0.29) is 0 Å². The highest BCUT2D eigenvalue weighted by molar-refractivity contribution is 5.56. The Morgan fingerprint density at radius 1 is 1.88 bits per heavy atom. The van der Waals surface area contributed by atoms with Gasteiger partial charge in [0, 0.05) is 18.9 Å². The monoisotopic (exact) mass is 110 g/mol. The lowest BCUT2D eigenvalue weighted by Gasteiger charge is -2.17. The number of hydrazine groups is 1. The summed E-state index contributed by atoms with van der Waals surface area (Å²) >= 11 is 0. The Kier molecular flexibility index (Phi) is 1.20. The first-order chi connectivity index (χ1) is 3.79. The van der Waals surface area contributed by atoms with Crippen molar-refractivity contribution in [1.29, 1.82) is 0 Å². The average molecular weight is 110 g/mol. The molecule has 0 fully saturated rings. The van der Waals surface area contributed by atoms with E-state index >= 15 is 0 Å². The van der Waals surface area contributed by atoms with Crippen molar-refractivity contribution in [3.63, 3.8) is 0 Å². The van der Waals surface area contributed by atoms with Gasteiger partial charge in [0.1, 0.15) is 0 Å². The van der Waals surface area contributed by atoms with Gasteiger partial charge >= 0.3 is 0 Å². The summed E-state index contributed by atoms with van der Waals surface area (Å²) in [6.07, 6.45) is 4.41. The second kappa shape index (κ2) is 1.86. The van der Waals surface area contributed by atoms with Crippen LogP contribution < -0.4 is 5.43 Å². The molecular weight excluding hydrogens is 102 g/mol. The van der Waals surface area contributed by atoms with E-state index in [4.69, 9.17) is 0 Å². The fraction of sp³-hybridized carbons (Fsp3) is 0.400. The Balaban J connectivity index is 2.59. The number of hydrogen-bond donors (Lipinski definition) is 1. The predicted octanol–water partition coefficient (Wildman–Crippen LogP) is 0.203. The van der Waals surface area contributed by atoms with Gasteiger partial charge in [-0.15, -0.1) is 0 Å². The van der Waals surface area contributed by atoms with Gasteiger partial charge < -0.3 is 5.43 Å². The Bertz CT molecular complexity index is 137. The topological polar surface area (TPSA) is 27.6 Å². The van der Waals surface area contributed by atoms with Crippen LogP contribution in [0.4, 0.5) is 0 Å². The van der Waals surface area contributed by atoms with Crippen molar-refractivity contribution in [1.82, 2.24) is 10.4 Å². The number of allylic oxidation sites excluding steroid dienone is 1. The molecule has 0 aromatic carbocycles. The molecule has 0 aliphatic carbocycles. The second-order valence-electron chi connectivity index (χ2n) is 1.71. The first-order valence-electron chi connectivity index (χ1n) is 2.41. The van der Waals surface area contributed by atoms with Crippen molar-refractivity contribution in [3.05, 3.63) is 11.9 Å². The molecule has 0 unspecified atom stereocenters. The molecule has 0 saturated heterocycles. The summed E-state index contributed by atoms with van der Waals surface area (Å²) in [5, 5.41) is 1.68. The maximum Gasteiger partial charge on any atom is 0.192 e. The van der Waals surface area contributed by atoms with E-state index in [1.54, 1.807) is 11.2 Å². The summed E-state index contributed by atoms with van der Waals surface area (Å²) in [7, 11) is 1.85. The van der Waals surface area contributed by atoms with Crippen LogP contribution in [0.15, 0.2) is 16.9 Å². The zero-order chi connectivity index (χ0) is 5.98. The third kappa shape index (κ3) is 0.992. The maximum absolute atomic E-state index is 3.79. The van der Waals surface area contributed by atoms with Gasteiger partial charge in [0.2, 0.25) is 0 Å². The number of aliphatic imine (C=N–C) groups is 1. The standard InChI is InChI=1S/C5H8N3/c1-5-3-6-4-8(2)7-5/h3,7H,1-2H3. The van der Waals surface area contributed by atoms with E-state index in [0.29, 0.717) is 0 Å². The minimum absolute atomic E-state index is 1.03. The lowest BCUT2D eigenvalue weighted by Crippen LogP contribution is -2.33. The first-order valence-corrected chi connectivity index (χ1v) is 2.41. The molecule has 0 aromatic heterocycles. The Hall–Kier alpha value is -0.990. The lowest BCUT2D eigenvalue weighted by atomic mass is 10.5. The average Bonchev–Trinajstić information content (AvgIpc) is 1.64. The molecule has 1 rings (SSSR count). The zero-order valence-corrected chi connectivity index (χ0v) is 4.97. The molecule has 0 atom stereocenters. The smallest absolute Gasteiger partial charge is 0.192 e. The van der Waals surface area contributed by atoms with Crippen molar-refractivity contribution in [2.24, 2.45) is 4.99 Å². The van der Waals surface area contributed by atoms with Crippen molar-refractivity contribution in [3.8, 4) is 0 Å². The van der Waals surface area contributed by atoms with Crippen LogP contribution in [-0.2, 0) is 0 Å². The molecule has 3 heteroatoms. The highest BCUT2D eigenvalue weighted by atomic mass is 15.5. The largest absolute Gasteiger partial charge is 0.300 e. The van der Waals surface area contributed by atoms with Crippen molar-refractivity contribution in [2.75, 3.05) is 7.05 Å². The van der Waals surface area contributed by atoms with E-state index in [2.05, 4.69) is 16.8 Å². The van der Waals surface area contributed by atoms with Gasteiger partial charge in [0.25, 0.3) is 0 Å². The van der Waals surface area contributed by atoms with E-state index in [9.17, 15) is 0 Å². The van der Waals surface area contributed by atoms with Crippen LogP contribution in [0.2, 0.25) is 0 Å². The normalized spacial score (nSPS) is 17.8. The van der Waals surface area contributed by atoms with E-state index in [1.165, 1.54) is 0 Å². The third-order valence-corrected chi connectivity index (χ3v) is 0.810. The van der Waals surface area contributed by atoms with Crippen LogP contribution in [0.5, 0.6) is 0 Å². The van der Waals surface area contributed by atoms with Gasteiger partial charge in [-0.1, -0.05) is 0 Å². The van der Waals surface area contributed by atoms with Crippen LogP contribution in [0, 0.1) is 0 Å². The fourth-order valence-electron chi connectivity index (χ4n) is 0.531. The van der Waals surface area contributed by atoms with Crippen LogP contribution >= 0.6 is 0 Å². The van der Waals surface area contributed by atoms with Crippen LogP contribution in [0.3, 0.4) is 0 Å². The molecule has 0 spiro atoms. The van der Waals surface area contributed by atoms with Crippen molar-refractivity contribution in [2.45, 2.75) is 6.92 Å². The fourth-order valence-corrected chi connectivity index (χ4v) is 0.531. The van der Waals surface area contributed by atoms with Crippen LogP contribution in [-0.4, -0.2) is 18.4 Å². The molecule has 0 bridgehead atoms. The van der Waals surface area contributed by atoms with Gasteiger partial charge in [0.15, 0.2) is 6.34 Å². The molecular formula is C5H8N3. The number of nitrogens with zero attached hydrogens (tertiary/aromatic N) is 2. The minimum atomic E-state index is 1.03. The summed E-state index contributed by atoms with van der Waals surface area (Å²) in [6, 6.07) is 0. The molecule has 8 heavy (non-hydrogen) atoms. The summed E-state index contributed by atoms with van der Waals surface area (Å²) in [5.41, 5.74) is 4.00. The molecule has 1 heterocycles. The molecule has 0 saturated carbocycles. The van der Waals surface area contributed by atoms with Crippen molar-refractivity contribution >= 4 is 6.34 Å². The molecule has 1 N–H and O–H groups in total. The molecule has 0 amide bonds. The SMILES string of the molecule is CC1=CN=[C]N(C)N1. The van der Waals surface area contributed by atoms with Crippen LogP contribution in [0.1, 0.15) is 6.92 Å². The number of nitrogens with one attached hydrogen (secondary N) is 1. The maximum atomic E-state index is 3.79. The Morgan fingerprint density at radius 3 is 3.00 bits per heavy atom. The van der Waals surface area contributed by atoms with Gasteiger partial charge in [-0.05, 0) is 6.92 Å². The Labute approximate surface area is 48.7 Å². The van der Waals surface area contributed by atoms with Gasteiger partial charge in [-0.25, -0.2) is 4.99 Å². The molecule has 1 aliphatic rings. The third-order valence-electron chi connectivity index (χ3n) is 0.810. The van der Waals surface area contributed by atoms with Gasteiger partial charge in [-0.3, -0.25) is 5.01 Å². The van der Waals surface area contributed by atoms with Crippen LogP contribution in [0.25, 0.3) is 0 Å². The zero-order valence-electron chi connectivity index (χ0n) is 4.97. The lowest BCUT2D eigenvalue weighted by molar-refractivity contribution is 0.419. The highest BCUT2D eigenvalue weighted by Gasteiger charge is 1.94. The predicted molar refractivity (Wildman–Crippen MR) is 32.1 cm³/mol. The Morgan fingerprint density at radius 2 is 2.62 bits per heavy atom. The molecule has 1 aliphatic heterocycles. The first kappa shape index (κ1) is 5.15. The molecule has 0 aromatic rings. The molecule has 3 nitrogen and oxygen atoms in total. The quantitative estimate of drug-likeness (QED) is 0.482.